The maximum absolute atomic E-state index is 12.5. The van der Waals surface area contributed by atoms with E-state index in [-0.39, 0.29) is 11.9 Å². The molecule has 1 amide bonds. The Morgan fingerprint density at radius 2 is 1.96 bits per heavy atom. The van der Waals surface area contributed by atoms with Crippen molar-refractivity contribution in [1.82, 2.24) is 5.01 Å². The van der Waals surface area contributed by atoms with Gasteiger partial charge in [-0.1, -0.05) is 46.3 Å². The van der Waals surface area contributed by atoms with Crippen LogP contribution in [0, 0.1) is 0 Å². The molecule has 0 fully saturated rings. The van der Waals surface area contributed by atoms with Crippen LogP contribution in [-0.4, -0.2) is 16.6 Å². The van der Waals surface area contributed by atoms with Crippen LogP contribution in [0.25, 0.3) is 11.0 Å². The Morgan fingerprint density at radius 1 is 1.19 bits per heavy atom. The molecule has 1 aliphatic heterocycles. The van der Waals surface area contributed by atoms with Crippen LogP contribution in [0.15, 0.2) is 73.4 Å². The third-order valence-electron chi connectivity index (χ3n) is 4.42. The van der Waals surface area contributed by atoms with E-state index in [2.05, 4.69) is 21.0 Å². The first-order valence-electron chi connectivity index (χ1n) is 8.19. The molecule has 1 aliphatic rings. The Labute approximate surface area is 158 Å². The molecule has 1 atom stereocenters. The summed E-state index contributed by atoms with van der Waals surface area (Å²) in [6.07, 6.45) is 0.466. The Morgan fingerprint density at radius 3 is 2.69 bits per heavy atom. The minimum atomic E-state index is -0.448. The molecule has 130 valence electrons. The summed E-state index contributed by atoms with van der Waals surface area (Å²) in [4.78, 5) is 24.5. The van der Waals surface area contributed by atoms with E-state index in [0.717, 1.165) is 15.4 Å². The van der Waals surface area contributed by atoms with E-state index in [4.69, 9.17) is 4.42 Å². The number of carbonyl (C=O) groups is 1. The number of hydrogen-bond acceptors (Lipinski definition) is 4. The van der Waals surface area contributed by atoms with Gasteiger partial charge in [-0.3, -0.25) is 4.79 Å². The molecule has 0 radical (unpaired) electrons. The van der Waals surface area contributed by atoms with E-state index in [1.807, 2.05) is 42.5 Å². The van der Waals surface area contributed by atoms with Gasteiger partial charge < -0.3 is 4.42 Å². The van der Waals surface area contributed by atoms with E-state index >= 15 is 0 Å². The van der Waals surface area contributed by atoms with E-state index in [9.17, 15) is 9.59 Å². The SMILES string of the molecule is CC(=O)N1N=C(c2cc3cc(Br)ccc3oc2=O)CC1c1ccccc1. The highest BCUT2D eigenvalue weighted by Gasteiger charge is 2.32. The van der Waals surface area contributed by atoms with Crippen molar-refractivity contribution >= 4 is 38.5 Å². The van der Waals surface area contributed by atoms with Gasteiger partial charge in [0.2, 0.25) is 5.91 Å². The van der Waals surface area contributed by atoms with Gasteiger partial charge in [0.15, 0.2) is 0 Å². The molecule has 4 rings (SSSR count). The fourth-order valence-electron chi connectivity index (χ4n) is 3.19. The predicted octanol–water partition coefficient (Wildman–Crippen LogP) is 4.25. The zero-order valence-electron chi connectivity index (χ0n) is 14.0. The molecule has 0 aliphatic carbocycles. The molecule has 2 heterocycles. The first-order valence-corrected chi connectivity index (χ1v) is 8.98. The van der Waals surface area contributed by atoms with Crippen LogP contribution in [0.3, 0.4) is 0 Å². The van der Waals surface area contributed by atoms with Crippen LogP contribution < -0.4 is 5.63 Å². The lowest BCUT2D eigenvalue weighted by Gasteiger charge is -2.20. The number of fused-ring (bicyclic) bond motifs is 1. The van der Waals surface area contributed by atoms with Gasteiger partial charge in [-0.25, -0.2) is 9.80 Å². The van der Waals surface area contributed by atoms with Crippen LogP contribution in [0.4, 0.5) is 0 Å². The fourth-order valence-corrected chi connectivity index (χ4v) is 3.57. The Balaban J connectivity index is 1.79. The van der Waals surface area contributed by atoms with Crippen molar-refractivity contribution in [2.75, 3.05) is 0 Å². The molecule has 2 aromatic carbocycles. The minimum absolute atomic E-state index is 0.165. The van der Waals surface area contributed by atoms with Crippen molar-refractivity contribution in [3.05, 3.63) is 80.6 Å². The second-order valence-corrected chi connectivity index (χ2v) is 7.09. The van der Waals surface area contributed by atoms with Crippen molar-refractivity contribution in [3.8, 4) is 0 Å². The Hall–Kier alpha value is -2.73. The second kappa shape index (κ2) is 6.53. The number of hydrazone groups is 1. The average molecular weight is 411 g/mol. The third kappa shape index (κ3) is 2.97. The van der Waals surface area contributed by atoms with Crippen LogP contribution in [0.1, 0.15) is 30.5 Å². The standard InChI is InChI=1S/C20H15BrN2O3/c1-12(24)23-18(13-5-3-2-4-6-13)11-17(22-23)16-10-14-9-15(21)7-8-19(14)26-20(16)25/h2-10,18H,11H2,1H3. The highest BCUT2D eigenvalue weighted by atomic mass is 79.9. The summed E-state index contributed by atoms with van der Waals surface area (Å²) >= 11 is 3.42. The molecule has 0 saturated heterocycles. The first-order chi connectivity index (χ1) is 12.5. The average Bonchev–Trinajstić information content (AvgIpc) is 3.08. The second-order valence-electron chi connectivity index (χ2n) is 6.17. The summed E-state index contributed by atoms with van der Waals surface area (Å²) in [6.45, 7) is 1.47. The van der Waals surface area contributed by atoms with Crippen LogP contribution in [0.2, 0.25) is 0 Å². The molecule has 6 heteroatoms. The summed E-state index contributed by atoms with van der Waals surface area (Å²) < 4.78 is 6.33. The lowest BCUT2D eigenvalue weighted by atomic mass is 9.99. The minimum Gasteiger partial charge on any atom is -0.422 e. The van der Waals surface area contributed by atoms with Gasteiger partial charge in [-0.2, -0.15) is 5.10 Å². The number of amides is 1. The summed E-state index contributed by atoms with van der Waals surface area (Å²) in [5.74, 6) is -0.165. The number of hydrogen-bond donors (Lipinski definition) is 0. The van der Waals surface area contributed by atoms with Gasteiger partial charge >= 0.3 is 5.63 Å². The van der Waals surface area contributed by atoms with Crippen molar-refractivity contribution in [2.45, 2.75) is 19.4 Å². The van der Waals surface area contributed by atoms with E-state index in [0.29, 0.717) is 23.3 Å². The van der Waals surface area contributed by atoms with E-state index in [1.165, 1.54) is 11.9 Å². The quantitative estimate of drug-likeness (QED) is 0.593. The van der Waals surface area contributed by atoms with Crippen LogP contribution in [0.5, 0.6) is 0 Å². The summed E-state index contributed by atoms with van der Waals surface area (Å²) in [6, 6.07) is 16.7. The third-order valence-corrected chi connectivity index (χ3v) is 4.92. The molecule has 1 aromatic heterocycles. The van der Waals surface area contributed by atoms with Crippen molar-refractivity contribution < 1.29 is 9.21 Å². The summed E-state index contributed by atoms with van der Waals surface area (Å²) in [5, 5.41) is 6.67. The predicted molar refractivity (Wildman–Crippen MR) is 103 cm³/mol. The topological polar surface area (TPSA) is 62.9 Å². The Bertz CT molecular complexity index is 1090. The van der Waals surface area contributed by atoms with Gasteiger partial charge in [-0.15, -0.1) is 0 Å². The first kappa shape index (κ1) is 16.7. The van der Waals surface area contributed by atoms with Gasteiger partial charge in [0.05, 0.1) is 17.3 Å². The zero-order chi connectivity index (χ0) is 18.3. The molecule has 0 spiro atoms. The van der Waals surface area contributed by atoms with E-state index < -0.39 is 5.63 Å². The number of benzene rings is 2. The normalized spacial score (nSPS) is 16.8. The number of rotatable bonds is 2. The van der Waals surface area contributed by atoms with Crippen molar-refractivity contribution in [3.63, 3.8) is 0 Å². The van der Waals surface area contributed by atoms with E-state index in [1.54, 1.807) is 12.1 Å². The number of nitrogens with zero attached hydrogens (tertiary/aromatic N) is 2. The molecule has 3 aromatic rings. The number of halogens is 1. The monoisotopic (exact) mass is 410 g/mol. The van der Waals surface area contributed by atoms with Gasteiger partial charge in [0.1, 0.15) is 5.58 Å². The lowest BCUT2D eigenvalue weighted by molar-refractivity contribution is -0.130. The summed E-state index contributed by atoms with van der Waals surface area (Å²) in [7, 11) is 0. The lowest BCUT2D eigenvalue weighted by Crippen LogP contribution is -2.24. The smallest absolute Gasteiger partial charge is 0.345 e. The fraction of sp³-hybridized carbons (Fsp3) is 0.150. The number of carbonyl (C=O) groups excluding carboxylic acids is 1. The van der Waals surface area contributed by atoms with Gasteiger partial charge in [0.25, 0.3) is 0 Å². The molecule has 0 bridgehead atoms. The Kier molecular flexibility index (Phi) is 4.20. The maximum Gasteiger partial charge on any atom is 0.345 e. The molecule has 0 saturated carbocycles. The van der Waals surface area contributed by atoms with Crippen molar-refractivity contribution in [1.29, 1.82) is 0 Å². The van der Waals surface area contributed by atoms with Crippen LogP contribution in [-0.2, 0) is 4.79 Å². The zero-order valence-corrected chi connectivity index (χ0v) is 15.6. The van der Waals surface area contributed by atoms with Crippen LogP contribution >= 0.6 is 15.9 Å². The van der Waals surface area contributed by atoms with Gasteiger partial charge in [-0.05, 0) is 29.8 Å². The van der Waals surface area contributed by atoms with Crippen molar-refractivity contribution in [2.24, 2.45) is 5.10 Å². The molecule has 0 N–H and O–H groups in total. The molecule has 5 nitrogen and oxygen atoms in total. The molecular formula is C20H15BrN2O3. The molecule has 1 unspecified atom stereocenters. The highest BCUT2D eigenvalue weighted by molar-refractivity contribution is 9.10. The summed E-state index contributed by atoms with van der Waals surface area (Å²) in [5.41, 5.74) is 2.00. The molecular weight excluding hydrogens is 396 g/mol. The molecule has 26 heavy (non-hydrogen) atoms. The highest BCUT2D eigenvalue weighted by Crippen LogP contribution is 2.32. The maximum atomic E-state index is 12.5. The largest absolute Gasteiger partial charge is 0.422 e. The van der Waals surface area contributed by atoms with Gasteiger partial charge in [0, 0.05) is 23.2 Å².